The van der Waals surface area contributed by atoms with Crippen LogP contribution in [0.3, 0.4) is 0 Å². The Morgan fingerprint density at radius 2 is 2.06 bits per heavy atom. The number of carbonyl (C=O) groups excluding carboxylic acids is 1. The van der Waals surface area contributed by atoms with E-state index in [0.29, 0.717) is 13.0 Å². The fourth-order valence-corrected chi connectivity index (χ4v) is 3.16. The van der Waals surface area contributed by atoms with Gasteiger partial charge in [-0.05, 0) is 39.0 Å². The van der Waals surface area contributed by atoms with Crippen molar-refractivity contribution in [2.75, 3.05) is 13.1 Å². The first-order chi connectivity index (χ1) is 8.50. The molecular formula is C13H22N2O3. The fraction of sp³-hybridized carbons (Fsp3) is 0.846. The summed E-state index contributed by atoms with van der Waals surface area (Å²) in [5.74, 6) is -0.888. The molecule has 5 heteroatoms. The van der Waals surface area contributed by atoms with Crippen LogP contribution in [-0.2, 0) is 4.79 Å². The van der Waals surface area contributed by atoms with E-state index in [0.717, 1.165) is 32.2 Å². The van der Waals surface area contributed by atoms with Crippen LogP contribution in [0.5, 0.6) is 0 Å². The average Bonchev–Trinajstić information content (AvgIpc) is 2.94. The predicted molar refractivity (Wildman–Crippen MR) is 67.4 cm³/mol. The van der Waals surface area contributed by atoms with Crippen molar-refractivity contribution in [3.05, 3.63) is 0 Å². The van der Waals surface area contributed by atoms with Gasteiger partial charge in [-0.15, -0.1) is 0 Å². The number of likely N-dealkylation sites (tertiary alicyclic amines) is 2. The number of carbonyl (C=O) groups is 2. The van der Waals surface area contributed by atoms with Gasteiger partial charge in [0.1, 0.15) is 5.54 Å². The Kier molecular flexibility index (Phi) is 3.50. The average molecular weight is 254 g/mol. The van der Waals surface area contributed by atoms with Gasteiger partial charge in [-0.1, -0.05) is 6.92 Å². The van der Waals surface area contributed by atoms with Crippen LogP contribution < -0.4 is 0 Å². The molecule has 0 spiro atoms. The highest BCUT2D eigenvalue weighted by atomic mass is 16.4. The largest absolute Gasteiger partial charge is 0.480 e. The van der Waals surface area contributed by atoms with Crippen molar-refractivity contribution in [2.24, 2.45) is 0 Å². The normalized spacial score (nSPS) is 32.0. The number of urea groups is 1. The minimum Gasteiger partial charge on any atom is -0.480 e. The van der Waals surface area contributed by atoms with E-state index in [4.69, 9.17) is 0 Å². The second kappa shape index (κ2) is 4.78. The lowest BCUT2D eigenvalue weighted by Crippen LogP contribution is -2.55. The zero-order valence-corrected chi connectivity index (χ0v) is 11.2. The number of carboxylic acids is 1. The molecule has 2 heterocycles. The highest BCUT2D eigenvalue weighted by molar-refractivity contribution is 5.87. The molecule has 2 aliphatic rings. The maximum atomic E-state index is 12.5. The molecule has 102 valence electrons. The lowest BCUT2D eigenvalue weighted by Gasteiger charge is -2.36. The SMILES string of the molecule is CCC1CCCN1C(=O)N1CCCC1(C)C(=O)O. The molecule has 0 aliphatic carbocycles. The summed E-state index contributed by atoms with van der Waals surface area (Å²) in [4.78, 5) is 27.3. The molecular weight excluding hydrogens is 232 g/mol. The molecule has 2 aliphatic heterocycles. The standard InChI is InChI=1S/C13H22N2O3/c1-3-10-6-4-8-14(10)12(18)15-9-5-7-13(15,2)11(16)17/h10H,3-9H2,1-2H3,(H,16,17). The highest BCUT2D eigenvalue weighted by Gasteiger charge is 2.48. The Balaban J connectivity index is 2.15. The highest BCUT2D eigenvalue weighted by Crippen LogP contribution is 2.32. The van der Waals surface area contributed by atoms with E-state index < -0.39 is 11.5 Å². The van der Waals surface area contributed by atoms with Gasteiger partial charge < -0.3 is 14.9 Å². The summed E-state index contributed by atoms with van der Waals surface area (Å²) >= 11 is 0. The van der Waals surface area contributed by atoms with Crippen molar-refractivity contribution in [1.29, 1.82) is 0 Å². The molecule has 2 unspecified atom stereocenters. The number of hydrogen-bond donors (Lipinski definition) is 1. The van der Waals surface area contributed by atoms with E-state index >= 15 is 0 Å². The zero-order valence-electron chi connectivity index (χ0n) is 11.2. The smallest absolute Gasteiger partial charge is 0.329 e. The van der Waals surface area contributed by atoms with E-state index in [2.05, 4.69) is 6.92 Å². The van der Waals surface area contributed by atoms with Crippen molar-refractivity contribution in [3.8, 4) is 0 Å². The molecule has 2 saturated heterocycles. The summed E-state index contributed by atoms with van der Waals surface area (Å²) in [6.45, 7) is 5.08. The van der Waals surface area contributed by atoms with Gasteiger partial charge >= 0.3 is 12.0 Å². The fourth-order valence-electron chi connectivity index (χ4n) is 3.16. The first kappa shape index (κ1) is 13.2. The minimum absolute atomic E-state index is 0.0817. The second-order valence-electron chi connectivity index (χ2n) is 5.51. The molecule has 0 aromatic rings. The van der Waals surface area contributed by atoms with Crippen LogP contribution in [0.15, 0.2) is 0 Å². The number of rotatable bonds is 2. The minimum atomic E-state index is -1.02. The Bertz CT molecular complexity index is 358. The third kappa shape index (κ3) is 1.95. The maximum Gasteiger partial charge on any atom is 0.329 e. The van der Waals surface area contributed by atoms with Gasteiger partial charge in [0.25, 0.3) is 0 Å². The number of amides is 2. The number of nitrogens with zero attached hydrogens (tertiary/aromatic N) is 2. The Labute approximate surface area is 108 Å². The number of hydrogen-bond acceptors (Lipinski definition) is 2. The third-order valence-corrected chi connectivity index (χ3v) is 4.43. The van der Waals surface area contributed by atoms with Gasteiger partial charge in [0.2, 0.25) is 0 Å². The molecule has 2 amide bonds. The van der Waals surface area contributed by atoms with Gasteiger partial charge in [0.15, 0.2) is 0 Å². The molecule has 0 saturated carbocycles. The van der Waals surface area contributed by atoms with Crippen molar-refractivity contribution in [1.82, 2.24) is 9.80 Å². The van der Waals surface area contributed by atoms with Crippen LogP contribution in [0.1, 0.15) is 46.0 Å². The molecule has 0 radical (unpaired) electrons. The summed E-state index contributed by atoms with van der Waals surface area (Å²) in [6, 6.07) is 0.206. The van der Waals surface area contributed by atoms with E-state index in [1.807, 2.05) is 4.90 Å². The molecule has 2 rings (SSSR count). The van der Waals surface area contributed by atoms with Crippen molar-refractivity contribution >= 4 is 12.0 Å². The Morgan fingerprint density at radius 3 is 2.67 bits per heavy atom. The second-order valence-corrected chi connectivity index (χ2v) is 5.51. The maximum absolute atomic E-state index is 12.5. The van der Waals surface area contributed by atoms with Crippen LogP contribution in [0.25, 0.3) is 0 Å². The van der Waals surface area contributed by atoms with E-state index in [1.54, 1.807) is 11.8 Å². The Morgan fingerprint density at radius 1 is 1.33 bits per heavy atom. The molecule has 18 heavy (non-hydrogen) atoms. The van der Waals surface area contributed by atoms with Crippen LogP contribution in [0.4, 0.5) is 4.79 Å². The van der Waals surface area contributed by atoms with Gasteiger partial charge in [0, 0.05) is 19.1 Å². The first-order valence-electron chi connectivity index (χ1n) is 6.82. The monoisotopic (exact) mass is 254 g/mol. The molecule has 5 nitrogen and oxygen atoms in total. The molecule has 0 aromatic heterocycles. The third-order valence-electron chi connectivity index (χ3n) is 4.43. The van der Waals surface area contributed by atoms with Crippen LogP contribution in [-0.4, -0.2) is 51.6 Å². The summed E-state index contributed by atoms with van der Waals surface area (Å²) < 4.78 is 0. The number of carboxylic acid groups (broad SMARTS) is 1. The van der Waals surface area contributed by atoms with Crippen molar-refractivity contribution in [2.45, 2.75) is 57.5 Å². The molecule has 2 fully saturated rings. The van der Waals surface area contributed by atoms with Crippen LogP contribution in [0.2, 0.25) is 0 Å². The lowest BCUT2D eigenvalue weighted by molar-refractivity contribution is -0.147. The topological polar surface area (TPSA) is 60.9 Å². The van der Waals surface area contributed by atoms with E-state index in [1.165, 1.54) is 0 Å². The lowest BCUT2D eigenvalue weighted by atomic mass is 9.99. The summed E-state index contributed by atoms with van der Waals surface area (Å²) in [5, 5.41) is 9.35. The Hall–Kier alpha value is -1.26. The molecule has 0 aromatic carbocycles. The van der Waals surface area contributed by atoms with Gasteiger partial charge in [-0.25, -0.2) is 9.59 Å². The van der Waals surface area contributed by atoms with Crippen LogP contribution in [0, 0.1) is 0 Å². The molecule has 0 bridgehead atoms. The van der Waals surface area contributed by atoms with Gasteiger partial charge in [-0.3, -0.25) is 0 Å². The number of aliphatic carboxylic acids is 1. The summed E-state index contributed by atoms with van der Waals surface area (Å²) in [5.41, 5.74) is -1.02. The van der Waals surface area contributed by atoms with E-state index in [9.17, 15) is 14.7 Å². The van der Waals surface area contributed by atoms with Crippen molar-refractivity contribution < 1.29 is 14.7 Å². The molecule has 2 atom stereocenters. The molecule has 1 N–H and O–H groups in total. The van der Waals surface area contributed by atoms with Crippen molar-refractivity contribution in [3.63, 3.8) is 0 Å². The van der Waals surface area contributed by atoms with Gasteiger partial charge in [-0.2, -0.15) is 0 Å². The summed E-state index contributed by atoms with van der Waals surface area (Å²) in [7, 11) is 0. The quantitative estimate of drug-likeness (QED) is 0.819. The van der Waals surface area contributed by atoms with Crippen LogP contribution >= 0.6 is 0 Å². The first-order valence-corrected chi connectivity index (χ1v) is 6.82. The van der Waals surface area contributed by atoms with E-state index in [-0.39, 0.29) is 12.1 Å². The zero-order chi connectivity index (χ0) is 13.3. The predicted octanol–water partition coefficient (Wildman–Crippen LogP) is 1.92. The summed E-state index contributed by atoms with van der Waals surface area (Å²) in [6.07, 6.45) is 4.35. The van der Waals surface area contributed by atoms with Gasteiger partial charge in [0.05, 0.1) is 0 Å².